The summed E-state index contributed by atoms with van der Waals surface area (Å²) in [4.78, 5) is 11.5. The third-order valence-corrected chi connectivity index (χ3v) is 2.33. The maximum Gasteiger partial charge on any atom is 0.237 e. The Morgan fingerprint density at radius 1 is 1.47 bits per heavy atom. The molecule has 0 bridgehead atoms. The Bertz CT molecular complexity index is 351. The van der Waals surface area contributed by atoms with Gasteiger partial charge in [0.05, 0.1) is 12.6 Å². The van der Waals surface area contributed by atoms with Gasteiger partial charge < -0.3 is 20.9 Å². The van der Waals surface area contributed by atoms with Crippen LogP contribution in [0.5, 0.6) is 5.75 Å². The molecule has 1 aromatic carbocycles. The van der Waals surface area contributed by atoms with Crippen LogP contribution in [0, 0.1) is 0 Å². The van der Waals surface area contributed by atoms with Gasteiger partial charge in [-0.05, 0) is 24.1 Å². The summed E-state index contributed by atoms with van der Waals surface area (Å²) in [5, 5.41) is 11.8. The number of hydrogen-bond acceptors (Lipinski definition) is 4. The van der Waals surface area contributed by atoms with Crippen molar-refractivity contribution in [2.75, 3.05) is 20.3 Å². The second kappa shape index (κ2) is 6.88. The van der Waals surface area contributed by atoms with Crippen LogP contribution in [-0.2, 0) is 16.0 Å². The fourth-order valence-corrected chi connectivity index (χ4v) is 1.39. The molecule has 94 valence electrons. The SMILES string of the molecule is COCCNC(=O)C(N)Cc1ccc(O)cc1. The highest BCUT2D eigenvalue weighted by molar-refractivity contribution is 5.81. The summed E-state index contributed by atoms with van der Waals surface area (Å²) < 4.78 is 4.82. The Morgan fingerprint density at radius 2 is 2.12 bits per heavy atom. The van der Waals surface area contributed by atoms with E-state index in [1.807, 2.05) is 0 Å². The number of benzene rings is 1. The molecular formula is C12H18N2O3. The third-order valence-electron chi connectivity index (χ3n) is 2.33. The minimum atomic E-state index is -0.587. The normalized spacial score (nSPS) is 12.1. The van der Waals surface area contributed by atoms with Crippen molar-refractivity contribution in [3.05, 3.63) is 29.8 Å². The number of ether oxygens (including phenoxy) is 1. The topological polar surface area (TPSA) is 84.6 Å². The van der Waals surface area contributed by atoms with Gasteiger partial charge in [0.1, 0.15) is 5.75 Å². The smallest absolute Gasteiger partial charge is 0.237 e. The molecule has 1 amide bonds. The summed E-state index contributed by atoms with van der Waals surface area (Å²) in [6, 6.07) is 6.06. The van der Waals surface area contributed by atoms with Crippen LogP contribution in [0.2, 0.25) is 0 Å². The van der Waals surface area contributed by atoms with Crippen molar-refractivity contribution < 1.29 is 14.6 Å². The monoisotopic (exact) mass is 238 g/mol. The number of nitrogens with two attached hydrogens (primary N) is 1. The van der Waals surface area contributed by atoms with Crippen LogP contribution in [0.1, 0.15) is 5.56 Å². The first-order chi connectivity index (χ1) is 8.13. The van der Waals surface area contributed by atoms with E-state index < -0.39 is 6.04 Å². The van der Waals surface area contributed by atoms with Gasteiger partial charge in [0, 0.05) is 13.7 Å². The lowest BCUT2D eigenvalue weighted by Gasteiger charge is -2.12. The van der Waals surface area contributed by atoms with Gasteiger partial charge in [0.15, 0.2) is 0 Å². The quantitative estimate of drug-likeness (QED) is 0.610. The zero-order valence-corrected chi connectivity index (χ0v) is 9.85. The Labute approximate surface area is 101 Å². The first kappa shape index (κ1) is 13.5. The van der Waals surface area contributed by atoms with Crippen LogP contribution in [-0.4, -0.2) is 37.3 Å². The highest BCUT2D eigenvalue weighted by Gasteiger charge is 2.13. The van der Waals surface area contributed by atoms with Crippen molar-refractivity contribution in [1.82, 2.24) is 5.32 Å². The number of amides is 1. The Morgan fingerprint density at radius 3 is 2.71 bits per heavy atom. The maximum atomic E-state index is 11.5. The number of hydrogen-bond donors (Lipinski definition) is 3. The number of methoxy groups -OCH3 is 1. The molecular weight excluding hydrogens is 220 g/mol. The predicted octanol–water partition coefficient (Wildman–Crippen LogP) is 0.0246. The molecule has 0 aliphatic carbocycles. The average molecular weight is 238 g/mol. The van der Waals surface area contributed by atoms with E-state index in [2.05, 4.69) is 5.32 Å². The molecule has 0 aromatic heterocycles. The molecule has 0 aliphatic heterocycles. The predicted molar refractivity (Wildman–Crippen MR) is 64.7 cm³/mol. The Kier molecular flexibility index (Phi) is 5.45. The molecule has 0 radical (unpaired) electrons. The van der Waals surface area contributed by atoms with E-state index in [4.69, 9.17) is 15.6 Å². The lowest BCUT2D eigenvalue weighted by atomic mass is 10.1. The molecule has 1 aromatic rings. The van der Waals surface area contributed by atoms with Gasteiger partial charge in [-0.3, -0.25) is 4.79 Å². The Hall–Kier alpha value is -1.59. The molecule has 5 nitrogen and oxygen atoms in total. The summed E-state index contributed by atoms with van der Waals surface area (Å²) >= 11 is 0. The summed E-state index contributed by atoms with van der Waals surface area (Å²) in [5.41, 5.74) is 6.67. The van der Waals surface area contributed by atoms with Crippen molar-refractivity contribution in [1.29, 1.82) is 0 Å². The molecule has 0 saturated carbocycles. The summed E-state index contributed by atoms with van der Waals surface area (Å²) in [5.74, 6) is 0.00184. The molecule has 0 fully saturated rings. The average Bonchev–Trinajstić information content (AvgIpc) is 2.32. The van der Waals surface area contributed by atoms with E-state index in [9.17, 15) is 4.79 Å². The van der Waals surface area contributed by atoms with E-state index in [0.717, 1.165) is 5.56 Å². The molecule has 1 unspecified atom stereocenters. The minimum Gasteiger partial charge on any atom is -0.508 e. The van der Waals surface area contributed by atoms with Gasteiger partial charge in [0.2, 0.25) is 5.91 Å². The zero-order chi connectivity index (χ0) is 12.7. The molecule has 5 heteroatoms. The highest BCUT2D eigenvalue weighted by Crippen LogP contribution is 2.10. The van der Waals surface area contributed by atoms with Gasteiger partial charge in [0.25, 0.3) is 0 Å². The van der Waals surface area contributed by atoms with Crippen LogP contribution in [0.3, 0.4) is 0 Å². The van der Waals surface area contributed by atoms with Crippen LogP contribution in [0.25, 0.3) is 0 Å². The lowest BCUT2D eigenvalue weighted by molar-refractivity contribution is -0.122. The minimum absolute atomic E-state index is 0.199. The summed E-state index contributed by atoms with van der Waals surface area (Å²) in [7, 11) is 1.57. The van der Waals surface area contributed by atoms with Gasteiger partial charge in [-0.2, -0.15) is 0 Å². The fraction of sp³-hybridized carbons (Fsp3) is 0.417. The second-order valence-electron chi connectivity index (χ2n) is 3.76. The van der Waals surface area contributed by atoms with Crippen LogP contribution in [0.15, 0.2) is 24.3 Å². The molecule has 4 N–H and O–H groups in total. The number of phenolic OH excluding ortho intramolecular Hbond substituents is 1. The number of carbonyl (C=O) groups excluding carboxylic acids is 1. The number of carbonyl (C=O) groups is 1. The van der Waals surface area contributed by atoms with Crippen LogP contribution in [0.4, 0.5) is 0 Å². The van der Waals surface area contributed by atoms with E-state index in [1.165, 1.54) is 0 Å². The summed E-state index contributed by atoms with van der Waals surface area (Å²) in [6.07, 6.45) is 0.444. The number of nitrogens with one attached hydrogen (secondary N) is 1. The van der Waals surface area contributed by atoms with Gasteiger partial charge >= 0.3 is 0 Å². The van der Waals surface area contributed by atoms with Crippen molar-refractivity contribution in [2.24, 2.45) is 5.73 Å². The van der Waals surface area contributed by atoms with Crippen molar-refractivity contribution in [3.63, 3.8) is 0 Å². The molecule has 0 saturated heterocycles. The highest BCUT2D eigenvalue weighted by atomic mass is 16.5. The van der Waals surface area contributed by atoms with Crippen LogP contribution >= 0.6 is 0 Å². The molecule has 0 aliphatic rings. The lowest BCUT2D eigenvalue weighted by Crippen LogP contribution is -2.43. The zero-order valence-electron chi connectivity index (χ0n) is 9.85. The number of aromatic hydroxyl groups is 1. The van der Waals surface area contributed by atoms with E-state index in [-0.39, 0.29) is 11.7 Å². The van der Waals surface area contributed by atoms with E-state index in [0.29, 0.717) is 19.6 Å². The second-order valence-corrected chi connectivity index (χ2v) is 3.76. The maximum absolute atomic E-state index is 11.5. The number of rotatable bonds is 6. The standard InChI is InChI=1S/C12H18N2O3/c1-17-7-6-14-12(16)11(13)8-9-2-4-10(15)5-3-9/h2-5,11,15H,6-8,13H2,1H3,(H,14,16). The van der Waals surface area contributed by atoms with Crippen molar-refractivity contribution in [2.45, 2.75) is 12.5 Å². The molecule has 1 atom stereocenters. The van der Waals surface area contributed by atoms with E-state index >= 15 is 0 Å². The van der Waals surface area contributed by atoms with Crippen molar-refractivity contribution in [3.8, 4) is 5.75 Å². The molecule has 17 heavy (non-hydrogen) atoms. The fourth-order valence-electron chi connectivity index (χ4n) is 1.39. The Balaban J connectivity index is 2.40. The van der Waals surface area contributed by atoms with Gasteiger partial charge in [-0.1, -0.05) is 12.1 Å². The van der Waals surface area contributed by atoms with Gasteiger partial charge in [-0.15, -0.1) is 0 Å². The number of phenols is 1. The third kappa shape index (κ3) is 4.84. The molecule has 0 spiro atoms. The molecule has 1 rings (SSSR count). The molecule has 0 heterocycles. The largest absolute Gasteiger partial charge is 0.508 e. The van der Waals surface area contributed by atoms with Crippen LogP contribution < -0.4 is 11.1 Å². The first-order valence-electron chi connectivity index (χ1n) is 5.43. The first-order valence-corrected chi connectivity index (χ1v) is 5.43. The van der Waals surface area contributed by atoms with Crippen molar-refractivity contribution >= 4 is 5.91 Å². The van der Waals surface area contributed by atoms with E-state index in [1.54, 1.807) is 31.4 Å². The summed E-state index contributed by atoms with van der Waals surface area (Å²) in [6.45, 7) is 0.927. The van der Waals surface area contributed by atoms with Gasteiger partial charge in [-0.25, -0.2) is 0 Å².